The van der Waals surface area contributed by atoms with E-state index in [1.807, 2.05) is 23.1 Å². The average Bonchev–Trinajstić information content (AvgIpc) is 3.19. The third-order valence-corrected chi connectivity index (χ3v) is 5.75. The predicted octanol–water partition coefficient (Wildman–Crippen LogP) is 3.69. The minimum absolute atomic E-state index is 0.114. The number of likely N-dealkylation sites (tertiary alicyclic amines) is 1. The van der Waals surface area contributed by atoms with Gasteiger partial charge in [-0.15, -0.1) is 0 Å². The second kappa shape index (κ2) is 8.23. The average molecular weight is 393 g/mol. The van der Waals surface area contributed by atoms with E-state index >= 15 is 0 Å². The zero-order valence-corrected chi connectivity index (χ0v) is 17.2. The predicted molar refractivity (Wildman–Crippen MR) is 114 cm³/mol. The standard InChI is InChI=1S/C23H28N4O2/c1-17(2)18-6-8-19(9-7-18)20-16-21-23(29)26(14-15-27(21)24-20)13-10-22(28)25-11-4-3-5-12-25/h6-9,14-17H,3-5,10-13H2,1-2H3. The lowest BCUT2D eigenvalue weighted by Crippen LogP contribution is -2.36. The first-order valence-corrected chi connectivity index (χ1v) is 10.5. The van der Waals surface area contributed by atoms with Crippen molar-refractivity contribution in [3.05, 3.63) is 58.6 Å². The van der Waals surface area contributed by atoms with Gasteiger partial charge in [-0.1, -0.05) is 38.1 Å². The van der Waals surface area contributed by atoms with Crippen LogP contribution in [0.2, 0.25) is 0 Å². The molecule has 0 N–H and O–H groups in total. The smallest absolute Gasteiger partial charge is 0.276 e. The monoisotopic (exact) mass is 392 g/mol. The van der Waals surface area contributed by atoms with E-state index in [2.05, 4.69) is 31.1 Å². The quantitative estimate of drug-likeness (QED) is 0.665. The number of carbonyl (C=O) groups is 1. The highest BCUT2D eigenvalue weighted by atomic mass is 16.2. The molecule has 0 aliphatic carbocycles. The Balaban J connectivity index is 1.53. The van der Waals surface area contributed by atoms with Crippen molar-refractivity contribution < 1.29 is 4.79 Å². The Bertz CT molecular complexity index is 1060. The van der Waals surface area contributed by atoms with Crippen LogP contribution >= 0.6 is 0 Å². The number of rotatable bonds is 5. The highest BCUT2D eigenvalue weighted by molar-refractivity contribution is 5.76. The Hall–Kier alpha value is -2.89. The molecule has 1 amide bonds. The van der Waals surface area contributed by atoms with Crippen molar-refractivity contribution in [3.63, 3.8) is 0 Å². The van der Waals surface area contributed by atoms with Crippen LogP contribution in [0.1, 0.15) is 51.0 Å². The first-order valence-electron chi connectivity index (χ1n) is 10.5. The summed E-state index contributed by atoms with van der Waals surface area (Å²) in [6.45, 7) is 6.41. The highest BCUT2D eigenvalue weighted by Crippen LogP contribution is 2.22. The Morgan fingerprint density at radius 3 is 2.48 bits per heavy atom. The number of aromatic nitrogens is 3. The van der Waals surface area contributed by atoms with Crippen molar-refractivity contribution in [1.82, 2.24) is 19.1 Å². The summed E-state index contributed by atoms with van der Waals surface area (Å²) in [5.41, 5.74) is 3.46. The fraction of sp³-hybridized carbons (Fsp3) is 0.435. The van der Waals surface area contributed by atoms with Gasteiger partial charge in [-0.25, -0.2) is 4.52 Å². The number of nitrogens with zero attached hydrogens (tertiary/aromatic N) is 4. The normalized spacial score (nSPS) is 14.7. The maximum absolute atomic E-state index is 12.9. The number of fused-ring (bicyclic) bond motifs is 1. The number of carbonyl (C=O) groups excluding carboxylic acids is 1. The van der Waals surface area contributed by atoms with Crippen LogP contribution in [0.5, 0.6) is 0 Å². The minimum Gasteiger partial charge on any atom is -0.343 e. The van der Waals surface area contributed by atoms with Gasteiger partial charge in [-0.3, -0.25) is 9.59 Å². The summed E-state index contributed by atoms with van der Waals surface area (Å²) in [7, 11) is 0. The fourth-order valence-electron chi connectivity index (χ4n) is 3.90. The van der Waals surface area contributed by atoms with Gasteiger partial charge in [0.05, 0.1) is 5.69 Å². The van der Waals surface area contributed by atoms with Gasteiger partial charge >= 0.3 is 0 Å². The zero-order valence-electron chi connectivity index (χ0n) is 17.2. The van der Waals surface area contributed by atoms with Crippen LogP contribution in [0.25, 0.3) is 16.8 Å². The molecule has 1 saturated heterocycles. The molecule has 1 aliphatic heterocycles. The van der Waals surface area contributed by atoms with E-state index in [9.17, 15) is 9.59 Å². The Morgan fingerprint density at radius 2 is 1.79 bits per heavy atom. The number of amides is 1. The maximum atomic E-state index is 12.9. The van der Waals surface area contributed by atoms with Crippen molar-refractivity contribution in [1.29, 1.82) is 0 Å². The van der Waals surface area contributed by atoms with E-state index in [-0.39, 0.29) is 11.5 Å². The number of benzene rings is 1. The zero-order chi connectivity index (χ0) is 20.4. The minimum atomic E-state index is -0.114. The topological polar surface area (TPSA) is 59.6 Å². The van der Waals surface area contributed by atoms with Crippen LogP contribution in [-0.4, -0.2) is 38.1 Å². The van der Waals surface area contributed by atoms with Gasteiger partial charge in [0, 0.05) is 44.0 Å². The van der Waals surface area contributed by atoms with E-state index in [0.29, 0.717) is 24.4 Å². The lowest BCUT2D eigenvalue weighted by atomic mass is 10.0. The summed E-state index contributed by atoms with van der Waals surface area (Å²) in [4.78, 5) is 27.2. The highest BCUT2D eigenvalue weighted by Gasteiger charge is 2.17. The summed E-state index contributed by atoms with van der Waals surface area (Å²) >= 11 is 0. The van der Waals surface area contributed by atoms with Gasteiger partial charge in [0.25, 0.3) is 5.56 Å². The molecule has 0 radical (unpaired) electrons. The summed E-state index contributed by atoms with van der Waals surface area (Å²) < 4.78 is 3.24. The molecule has 0 bridgehead atoms. The molecular formula is C23H28N4O2. The van der Waals surface area contributed by atoms with Gasteiger partial charge in [0.1, 0.15) is 5.52 Å². The van der Waals surface area contributed by atoms with Crippen molar-refractivity contribution in [2.24, 2.45) is 0 Å². The lowest BCUT2D eigenvalue weighted by Gasteiger charge is -2.26. The molecule has 29 heavy (non-hydrogen) atoms. The van der Waals surface area contributed by atoms with Crippen LogP contribution in [0.15, 0.2) is 47.5 Å². The largest absolute Gasteiger partial charge is 0.343 e. The molecule has 1 aromatic carbocycles. The Morgan fingerprint density at radius 1 is 1.07 bits per heavy atom. The van der Waals surface area contributed by atoms with Crippen molar-refractivity contribution >= 4 is 11.4 Å². The molecule has 0 atom stereocenters. The van der Waals surface area contributed by atoms with Crippen molar-refractivity contribution in [3.8, 4) is 11.3 Å². The molecule has 2 aromatic heterocycles. The molecule has 0 unspecified atom stereocenters. The summed E-state index contributed by atoms with van der Waals surface area (Å²) in [6.07, 6.45) is 7.21. The Kier molecular flexibility index (Phi) is 5.51. The van der Waals surface area contributed by atoms with Crippen LogP contribution in [-0.2, 0) is 11.3 Å². The first-order chi connectivity index (χ1) is 14.0. The van der Waals surface area contributed by atoms with Crippen LogP contribution in [0.4, 0.5) is 0 Å². The third kappa shape index (κ3) is 4.11. The van der Waals surface area contributed by atoms with E-state index < -0.39 is 0 Å². The number of piperidine rings is 1. The maximum Gasteiger partial charge on any atom is 0.276 e. The van der Waals surface area contributed by atoms with Crippen molar-refractivity contribution in [2.45, 2.75) is 52.0 Å². The van der Waals surface area contributed by atoms with Gasteiger partial charge in [-0.05, 0) is 36.8 Å². The molecule has 1 fully saturated rings. The summed E-state index contributed by atoms with van der Waals surface area (Å²) in [6, 6.07) is 10.1. The molecule has 3 heterocycles. The molecule has 6 heteroatoms. The summed E-state index contributed by atoms with van der Waals surface area (Å²) in [5, 5.41) is 4.56. The second-order valence-electron chi connectivity index (χ2n) is 8.12. The molecule has 4 rings (SSSR count). The van der Waals surface area contributed by atoms with Gasteiger partial charge < -0.3 is 9.47 Å². The molecule has 152 valence electrons. The van der Waals surface area contributed by atoms with Crippen LogP contribution < -0.4 is 5.56 Å². The second-order valence-corrected chi connectivity index (χ2v) is 8.12. The first kappa shape index (κ1) is 19.4. The molecule has 0 spiro atoms. The van der Waals surface area contributed by atoms with E-state index in [0.717, 1.165) is 37.2 Å². The molecule has 1 aliphatic rings. The fourth-order valence-corrected chi connectivity index (χ4v) is 3.90. The number of aryl methyl sites for hydroxylation is 1. The van der Waals surface area contributed by atoms with Crippen LogP contribution in [0.3, 0.4) is 0 Å². The van der Waals surface area contributed by atoms with E-state index in [4.69, 9.17) is 0 Å². The third-order valence-electron chi connectivity index (χ3n) is 5.75. The van der Waals surface area contributed by atoms with Gasteiger partial charge in [-0.2, -0.15) is 5.10 Å². The Labute approximate surface area is 170 Å². The van der Waals surface area contributed by atoms with Gasteiger partial charge in [0.15, 0.2) is 0 Å². The van der Waals surface area contributed by atoms with Gasteiger partial charge in [0.2, 0.25) is 5.91 Å². The molecule has 3 aromatic rings. The lowest BCUT2D eigenvalue weighted by molar-refractivity contribution is -0.132. The summed E-state index contributed by atoms with van der Waals surface area (Å²) in [5.74, 6) is 0.612. The van der Waals surface area contributed by atoms with Crippen molar-refractivity contribution in [2.75, 3.05) is 13.1 Å². The van der Waals surface area contributed by atoms with E-state index in [1.54, 1.807) is 21.5 Å². The number of hydrogen-bond acceptors (Lipinski definition) is 3. The number of hydrogen-bond donors (Lipinski definition) is 0. The van der Waals surface area contributed by atoms with Crippen LogP contribution in [0, 0.1) is 0 Å². The molecular weight excluding hydrogens is 364 g/mol. The molecule has 0 saturated carbocycles. The van der Waals surface area contributed by atoms with E-state index in [1.165, 1.54) is 12.0 Å². The molecule has 6 nitrogen and oxygen atoms in total. The SMILES string of the molecule is CC(C)c1ccc(-c2cc3c(=O)n(CCC(=O)N4CCCCC4)ccn3n2)cc1.